The molecule has 0 saturated carbocycles. The minimum absolute atomic E-state index is 0.176. The number of carbonyl (C=O) groups excluding carboxylic acids is 1. The Morgan fingerprint density at radius 1 is 1.27 bits per heavy atom. The van der Waals surface area contributed by atoms with Gasteiger partial charge in [0.05, 0.1) is 10.9 Å². The predicted molar refractivity (Wildman–Crippen MR) is 107 cm³/mol. The summed E-state index contributed by atoms with van der Waals surface area (Å²) < 4.78 is 16.0. The molecular formula is C18H16FN3OS3. The molecule has 0 aliphatic heterocycles. The average molecular weight is 406 g/mol. The van der Waals surface area contributed by atoms with E-state index in [1.807, 2.05) is 31.2 Å². The lowest BCUT2D eigenvalue weighted by Crippen LogP contribution is -2.22. The molecule has 1 N–H and O–H groups in total. The number of carbonyl (C=O) groups is 1. The monoisotopic (exact) mass is 405 g/mol. The third-order valence-electron chi connectivity index (χ3n) is 3.63. The molecule has 0 aliphatic carbocycles. The molecule has 0 fully saturated rings. The first-order valence-corrected chi connectivity index (χ1v) is 9.94. The maximum atomic E-state index is 12.9. The maximum absolute atomic E-state index is 12.9. The van der Waals surface area contributed by atoms with Crippen LogP contribution < -0.4 is 5.32 Å². The summed E-state index contributed by atoms with van der Waals surface area (Å²) in [5.74, 6) is -0.517. The summed E-state index contributed by atoms with van der Waals surface area (Å²) >= 11 is 8.14. The van der Waals surface area contributed by atoms with E-state index in [9.17, 15) is 9.18 Å². The highest BCUT2D eigenvalue weighted by atomic mass is 32.2. The number of benzene rings is 2. The summed E-state index contributed by atoms with van der Waals surface area (Å²) in [5.41, 5.74) is 2.57. The zero-order valence-corrected chi connectivity index (χ0v) is 16.6. The number of nitrogens with one attached hydrogen (secondary N) is 1. The quantitative estimate of drug-likeness (QED) is 0.466. The molecule has 0 saturated heterocycles. The smallest absolute Gasteiger partial charge is 0.237 e. The average Bonchev–Trinajstić information content (AvgIpc) is 2.97. The molecule has 0 radical (unpaired) electrons. The van der Waals surface area contributed by atoms with E-state index in [-0.39, 0.29) is 17.0 Å². The van der Waals surface area contributed by atoms with Gasteiger partial charge >= 0.3 is 0 Å². The first kappa shape index (κ1) is 18.8. The van der Waals surface area contributed by atoms with Gasteiger partial charge < -0.3 is 5.32 Å². The normalized spacial score (nSPS) is 12.0. The molecule has 0 aliphatic rings. The molecule has 26 heavy (non-hydrogen) atoms. The Morgan fingerprint density at radius 3 is 2.65 bits per heavy atom. The Labute approximate surface area is 164 Å². The zero-order valence-electron chi connectivity index (χ0n) is 14.1. The lowest BCUT2D eigenvalue weighted by Gasteiger charge is -2.10. The molecule has 1 heterocycles. The number of anilines is 1. The minimum Gasteiger partial charge on any atom is -0.325 e. The van der Waals surface area contributed by atoms with Crippen molar-refractivity contribution in [2.75, 3.05) is 5.32 Å². The molecule has 1 aromatic heterocycles. The van der Waals surface area contributed by atoms with E-state index in [0.717, 1.165) is 15.6 Å². The van der Waals surface area contributed by atoms with Crippen molar-refractivity contribution >= 4 is 46.9 Å². The number of nitrogens with zero attached hydrogens (tertiary/aromatic N) is 2. The molecule has 3 rings (SSSR count). The van der Waals surface area contributed by atoms with Crippen molar-refractivity contribution in [2.24, 2.45) is 0 Å². The summed E-state index contributed by atoms with van der Waals surface area (Å²) in [4.78, 5) is 12.3. The Bertz CT molecular complexity index is 982. The summed E-state index contributed by atoms with van der Waals surface area (Å²) in [7, 11) is 0. The Balaban J connectivity index is 1.72. The summed E-state index contributed by atoms with van der Waals surface area (Å²) in [6.07, 6.45) is 0. The second-order valence-electron chi connectivity index (χ2n) is 5.59. The zero-order chi connectivity index (χ0) is 18.7. The third-order valence-corrected chi connectivity index (χ3v) is 6.05. The van der Waals surface area contributed by atoms with Crippen LogP contribution in [0.1, 0.15) is 12.5 Å². The van der Waals surface area contributed by atoms with Crippen LogP contribution in [0, 0.1) is 16.7 Å². The van der Waals surface area contributed by atoms with Crippen molar-refractivity contribution in [3.05, 3.63) is 63.9 Å². The topological polar surface area (TPSA) is 46.9 Å². The number of rotatable bonds is 5. The van der Waals surface area contributed by atoms with Crippen LogP contribution in [-0.2, 0) is 4.79 Å². The van der Waals surface area contributed by atoms with E-state index < -0.39 is 0 Å². The van der Waals surface area contributed by atoms with E-state index in [2.05, 4.69) is 10.4 Å². The maximum Gasteiger partial charge on any atom is 0.237 e. The highest BCUT2D eigenvalue weighted by molar-refractivity contribution is 8.02. The van der Waals surface area contributed by atoms with Crippen molar-refractivity contribution in [3.63, 3.8) is 0 Å². The lowest BCUT2D eigenvalue weighted by molar-refractivity contribution is -0.115. The van der Waals surface area contributed by atoms with Gasteiger partial charge in [-0.05, 0) is 62.0 Å². The highest BCUT2D eigenvalue weighted by Crippen LogP contribution is 2.29. The number of amides is 1. The van der Waals surface area contributed by atoms with Crippen molar-refractivity contribution in [3.8, 4) is 5.69 Å². The van der Waals surface area contributed by atoms with Crippen LogP contribution in [0.4, 0.5) is 10.1 Å². The number of thioether (sulfide) groups is 1. The van der Waals surface area contributed by atoms with Gasteiger partial charge in [0.15, 0.2) is 8.29 Å². The molecule has 4 nitrogen and oxygen atoms in total. The first-order chi connectivity index (χ1) is 12.4. The molecular weight excluding hydrogens is 389 g/mol. The van der Waals surface area contributed by atoms with E-state index >= 15 is 0 Å². The van der Waals surface area contributed by atoms with Gasteiger partial charge in [-0.25, -0.2) is 9.07 Å². The van der Waals surface area contributed by atoms with Gasteiger partial charge in [0.25, 0.3) is 0 Å². The highest BCUT2D eigenvalue weighted by Gasteiger charge is 2.18. The minimum atomic E-state index is -0.370. The number of aryl methyl sites for hydroxylation is 1. The van der Waals surface area contributed by atoms with Crippen LogP contribution in [0.15, 0.2) is 52.9 Å². The van der Waals surface area contributed by atoms with Gasteiger partial charge in [-0.15, -0.1) is 5.10 Å². The van der Waals surface area contributed by atoms with Crippen LogP contribution in [0.25, 0.3) is 5.69 Å². The van der Waals surface area contributed by atoms with Gasteiger partial charge in [-0.2, -0.15) is 0 Å². The van der Waals surface area contributed by atoms with Crippen molar-refractivity contribution in [1.29, 1.82) is 0 Å². The van der Waals surface area contributed by atoms with Crippen molar-refractivity contribution < 1.29 is 9.18 Å². The summed E-state index contributed by atoms with van der Waals surface area (Å²) in [6, 6.07) is 13.5. The molecule has 0 unspecified atom stereocenters. The van der Waals surface area contributed by atoms with E-state index in [1.165, 1.54) is 47.4 Å². The molecule has 8 heteroatoms. The van der Waals surface area contributed by atoms with Crippen LogP contribution in [0.2, 0.25) is 0 Å². The Morgan fingerprint density at radius 2 is 1.96 bits per heavy atom. The number of para-hydroxylation sites is 1. The van der Waals surface area contributed by atoms with Gasteiger partial charge in [0.1, 0.15) is 5.82 Å². The van der Waals surface area contributed by atoms with Crippen LogP contribution in [0.3, 0.4) is 0 Å². The largest absolute Gasteiger partial charge is 0.325 e. The fourth-order valence-corrected chi connectivity index (χ4v) is 4.73. The fourth-order valence-electron chi connectivity index (χ4n) is 2.24. The van der Waals surface area contributed by atoms with E-state index in [1.54, 1.807) is 11.6 Å². The summed E-state index contributed by atoms with van der Waals surface area (Å²) in [6.45, 7) is 3.80. The van der Waals surface area contributed by atoms with E-state index in [4.69, 9.17) is 12.2 Å². The SMILES string of the molecule is Cc1ccccc1-n1nc(S[C@H](C)C(=O)Nc2ccc(F)cc2)sc1=S. The van der Waals surface area contributed by atoms with Crippen LogP contribution in [0.5, 0.6) is 0 Å². The Kier molecular flexibility index (Phi) is 5.85. The molecule has 0 spiro atoms. The molecule has 3 aromatic rings. The molecule has 1 amide bonds. The van der Waals surface area contributed by atoms with Crippen LogP contribution >= 0.6 is 35.3 Å². The van der Waals surface area contributed by atoms with Crippen LogP contribution in [-0.4, -0.2) is 20.9 Å². The van der Waals surface area contributed by atoms with Gasteiger partial charge in [-0.3, -0.25) is 4.79 Å². The number of aromatic nitrogens is 2. The second kappa shape index (κ2) is 8.11. The van der Waals surface area contributed by atoms with Gasteiger partial charge in [0.2, 0.25) is 5.91 Å². The predicted octanol–water partition coefficient (Wildman–Crippen LogP) is 5.23. The number of hydrogen-bond donors (Lipinski definition) is 1. The third kappa shape index (κ3) is 4.38. The standard InChI is InChI=1S/C18H16FN3OS3/c1-11-5-3-4-6-15(11)22-18(24)26-17(21-22)25-12(2)16(23)20-14-9-7-13(19)8-10-14/h3-10,12H,1-2H3,(H,20,23)/t12-/m1/s1. The van der Waals surface area contributed by atoms with Crippen molar-refractivity contribution in [2.45, 2.75) is 23.4 Å². The molecule has 1 atom stereocenters. The lowest BCUT2D eigenvalue weighted by atomic mass is 10.2. The fraction of sp³-hybridized carbons (Fsp3) is 0.167. The van der Waals surface area contributed by atoms with Crippen molar-refractivity contribution in [1.82, 2.24) is 9.78 Å². The molecule has 134 valence electrons. The number of hydrogen-bond acceptors (Lipinski definition) is 5. The second-order valence-corrected chi connectivity index (χ2v) is 8.80. The molecule has 2 aromatic carbocycles. The number of halogens is 1. The summed E-state index contributed by atoms with van der Waals surface area (Å²) in [5, 5.41) is 6.95. The molecule has 0 bridgehead atoms. The van der Waals surface area contributed by atoms with E-state index in [0.29, 0.717) is 9.64 Å². The van der Waals surface area contributed by atoms with Gasteiger partial charge in [0, 0.05) is 5.69 Å². The van der Waals surface area contributed by atoms with Gasteiger partial charge in [-0.1, -0.05) is 41.3 Å². The Hall–Kier alpha value is -2.03. The first-order valence-electron chi connectivity index (χ1n) is 7.83.